The van der Waals surface area contributed by atoms with Crippen LogP contribution in [0.3, 0.4) is 0 Å². The van der Waals surface area contributed by atoms with Gasteiger partial charge in [0.1, 0.15) is 24.7 Å². The van der Waals surface area contributed by atoms with E-state index in [1.807, 2.05) is 48.5 Å². The molecule has 3 aromatic carbocycles. The number of hydrogen-bond donors (Lipinski definition) is 1. The first kappa shape index (κ1) is 31.6. The van der Waals surface area contributed by atoms with E-state index in [0.717, 1.165) is 34.9 Å². The third-order valence-electron chi connectivity index (χ3n) is 5.95. The Kier molecular flexibility index (Phi) is 12.8. The molecule has 0 heterocycles. The number of allylic oxidation sites excluding steroid dienone is 1. The molecule has 0 amide bonds. The monoisotopic (exact) mass is 570 g/mol. The van der Waals surface area contributed by atoms with Gasteiger partial charge in [0, 0.05) is 11.6 Å². The highest BCUT2D eigenvalue weighted by Gasteiger charge is 2.07. The minimum absolute atomic E-state index is 0.0100. The summed E-state index contributed by atoms with van der Waals surface area (Å²) in [4.78, 5) is 35.1. The maximum absolute atomic E-state index is 12.7. The van der Waals surface area contributed by atoms with Gasteiger partial charge in [-0.05, 0) is 59.9 Å². The van der Waals surface area contributed by atoms with Gasteiger partial charge in [0.25, 0.3) is 0 Å². The summed E-state index contributed by atoms with van der Waals surface area (Å²) in [5, 5.41) is 8.85. The number of esters is 2. The summed E-state index contributed by atoms with van der Waals surface area (Å²) in [5.74, 6) is 0.157. The van der Waals surface area contributed by atoms with Crippen molar-refractivity contribution in [1.29, 1.82) is 0 Å². The number of ketones is 1. The van der Waals surface area contributed by atoms with Crippen LogP contribution >= 0.6 is 0 Å². The highest BCUT2D eigenvalue weighted by molar-refractivity contribution is 6.07. The molecule has 0 aliphatic heterocycles. The molecule has 0 spiro atoms. The van der Waals surface area contributed by atoms with Gasteiger partial charge < -0.3 is 24.1 Å². The first-order valence-electron chi connectivity index (χ1n) is 13.4. The topological polar surface area (TPSA) is 108 Å². The smallest absolute Gasteiger partial charge is 0.335 e. The number of carbonyl (C=O) groups is 3. The van der Waals surface area contributed by atoms with Crippen LogP contribution in [-0.2, 0) is 19.1 Å². The summed E-state index contributed by atoms with van der Waals surface area (Å²) in [5.41, 5.74) is 3.38. The highest BCUT2D eigenvalue weighted by Crippen LogP contribution is 2.23. The molecule has 0 saturated heterocycles. The molecular formula is C34H34O8. The van der Waals surface area contributed by atoms with E-state index in [2.05, 4.69) is 13.2 Å². The fourth-order valence-corrected chi connectivity index (χ4v) is 3.60. The van der Waals surface area contributed by atoms with E-state index < -0.39 is 18.5 Å². The molecule has 0 radical (unpaired) electrons. The Labute approximate surface area is 245 Å². The molecule has 0 aromatic heterocycles. The first-order chi connectivity index (χ1) is 20.4. The average Bonchev–Trinajstić information content (AvgIpc) is 3.03. The van der Waals surface area contributed by atoms with Crippen molar-refractivity contribution in [2.75, 3.05) is 33.0 Å². The second-order valence-electron chi connectivity index (χ2n) is 9.04. The minimum atomic E-state index is -0.656. The third kappa shape index (κ3) is 10.6. The van der Waals surface area contributed by atoms with Crippen LogP contribution in [0.4, 0.5) is 0 Å². The van der Waals surface area contributed by atoms with Crippen LogP contribution in [0.25, 0.3) is 17.2 Å². The average molecular weight is 571 g/mol. The SMILES string of the molecule is C=CC(=O)OCCCCOc1ccc(-c2ccc(C(=O)/C=C/c3ccc(OCCOC(=O)C(=C)CO)cc3)cc2)cc1. The predicted molar refractivity (Wildman–Crippen MR) is 160 cm³/mol. The summed E-state index contributed by atoms with van der Waals surface area (Å²) >= 11 is 0. The van der Waals surface area contributed by atoms with Gasteiger partial charge in [-0.1, -0.05) is 67.8 Å². The molecule has 0 fully saturated rings. The van der Waals surface area contributed by atoms with Crippen LogP contribution in [0, 0.1) is 0 Å². The highest BCUT2D eigenvalue weighted by atomic mass is 16.6. The van der Waals surface area contributed by atoms with Crippen LogP contribution in [-0.4, -0.2) is 55.9 Å². The second kappa shape index (κ2) is 17.0. The van der Waals surface area contributed by atoms with Gasteiger partial charge in [-0.25, -0.2) is 9.59 Å². The quantitative estimate of drug-likeness (QED) is 0.0966. The zero-order valence-corrected chi connectivity index (χ0v) is 23.3. The van der Waals surface area contributed by atoms with Crippen molar-refractivity contribution < 1.29 is 38.4 Å². The van der Waals surface area contributed by atoms with Gasteiger partial charge in [0.2, 0.25) is 0 Å². The molecule has 0 bridgehead atoms. The largest absolute Gasteiger partial charge is 0.494 e. The number of aliphatic hydroxyl groups is 1. The molecule has 0 saturated carbocycles. The number of hydrogen-bond acceptors (Lipinski definition) is 8. The van der Waals surface area contributed by atoms with Crippen LogP contribution in [0.1, 0.15) is 28.8 Å². The molecule has 3 rings (SSSR count). The lowest BCUT2D eigenvalue weighted by Gasteiger charge is -2.08. The molecule has 218 valence electrons. The molecule has 0 aliphatic rings. The van der Waals surface area contributed by atoms with E-state index in [1.54, 1.807) is 30.3 Å². The van der Waals surface area contributed by atoms with Crippen molar-refractivity contribution in [3.05, 3.63) is 115 Å². The maximum atomic E-state index is 12.7. The van der Waals surface area contributed by atoms with Gasteiger partial charge in [-0.15, -0.1) is 0 Å². The van der Waals surface area contributed by atoms with Crippen LogP contribution in [0.15, 0.2) is 104 Å². The molecule has 0 atom stereocenters. The van der Waals surface area contributed by atoms with E-state index >= 15 is 0 Å². The van der Waals surface area contributed by atoms with Crippen LogP contribution in [0.2, 0.25) is 0 Å². The fraction of sp³-hybridized carbons (Fsp3) is 0.206. The summed E-state index contributed by atoms with van der Waals surface area (Å²) in [7, 11) is 0. The number of rotatable bonds is 17. The van der Waals surface area contributed by atoms with Crippen molar-refractivity contribution in [3.8, 4) is 22.6 Å². The second-order valence-corrected chi connectivity index (χ2v) is 9.04. The number of ether oxygens (including phenoxy) is 4. The Morgan fingerprint density at radius 3 is 1.90 bits per heavy atom. The van der Waals surface area contributed by atoms with Gasteiger partial charge in [-0.3, -0.25) is 4.79 Å². The van der Waals surface area contributed by atoms with Crippen molar-refractivity contribution in [1.82, 2.24) is 0 Å². The Bertz CT molecular complexity index is 1370. The Morgan fingerprint density at radius 2 is 1.29 bits per heavy atom. The lowest BCUT2D eigenvalue weighted by Crippen LogP contribution is -2.14. The zero-order valence-electron chi connectivity index (χ0n) is 23.3. The summed E-state index contributed by atoms with van der Waals surface area (Å²) in [6, 6.07) is 22.3. The van der Waals surface area contributed by atoms with Crippen LogP contribution in [0.5, 0.6) is 11.5 Å². The summed E-state index contributed by atoms with van der Waals surface area (Å²) in [6.45, 7) is 7.36. The van der Waals surface area contributed by atoms with E-state index in [0.29, 0.717) is 30.9 Å². The lowest BCUT2D eigenvalue weighted by molar-refractivity contribution is -0.140. The third-order valence-corrected chi connectivity index (χ3v) is 5.95. The fourth-order valence-electron chi connectivity index (χ4n) is 3.60. The van der Waals surface area contributed by atoms with Crippen molar-refractivity contribution in [2.45, 2.75) is 12.8 Å². The predicted octanol–water partition coefficient (Wildman–Crippen LogP) is 5.61. The minimum Gasteiger partial charge on any atom is -0.494 e. The molecule has 42 heavy (non-hydrogen) atoms. The van der Waals surface area contributed by atoms with Gasteiger partial charge in [-0.2, -0.15) is 0 Å². The zero-order chi connectivity index (χ0) is 30.2. The standard InChI is InChI=1S/C34H34O8/c1-3-33(37)41-21-5-4-20-39-31-17-13-28(14-18-31)27-9-11-29(12-10-27)32(36)19-8-26-6-15-30(16-7-26)40-22-23-42-34(38)25(2)24-35/h3,6-19,35H,1-2,4-5,20-24H2/b19-8+. The van der Waals surface area contributed by atoms with Gasteiger partial charge in [0.15, 0.2) is 5.78 Å². The molecule has 0 aliphatic carbocycles. The van der Waals surface area contributed by atoms with E-state index in [9.17, 15) is 14.4 Å². The van der Waals surface area contributed by atoms with E-state index in [1.165, 1.54) is 6.08 Å². The number of unbranched alkanes of at least 4 members (excludes halogenated alkanes) is 1. The van der Waals surface area contributed by atoms with E-state index in [-0.39, 0.29) is 24.6 Å². The Morgan fingerprint density at radius 1 is 0.714 bits per heavy atom. The van der Waals surface area contributed by atoms with E-state index in [4.69, 9.17) is 24.1 Å². The molecular weight excluding hydrogens is 536 g/mol. The van der Waals surface area contributed by atoms with Crippen molar-refractivity contribution >= 4 is 23.8 Å². The molecule has 0 unspecified atom stereocenters. The Hall–Kier alpha value is -4.95. The lowest BCUT2D eigenvalue weighted by atomic mass is 10.0. The van der Waals surface area contributed by atoms with Crippen molar-refractivity contribution in [3.63, 3.8) is 0 Å². The first-order valence-corrected chi connectivity index (χ1v) is 13.4. The molecule has 8 nitrogen and oxygen atoms in total. The number of aliphatic hydroxyl groups excluding tert-OH is 1. The van der Waals surface area contributed by atoms with Crippen LogP contribution < -0.4 is 9.47 Å². The Balaban J connectivity index is 1.42. The maximum Gasteiger partial charge on any atom is 0.335 e. The number of benzene rings is 3. The van der Waals surface area contributed by atoms with Crippen molar-refractivity contribution in [2.24, 2.45) is 0 Å². The summed E-state index contributed by atoms with van der Waals surface area (Å²) in [6.07, 6.45) is 5.88. The number of carbonyl (C=O) groups excluding carboxylic acids is 3. The molecule has 8 heteroatoms. The molecule has 1 N–H and O–H groups in total. The molecule has 3 aromatic rings. The van der Waals surface area contributed by atoms with Gasteiger partial charge >= 0.3 is 11.9 Å². The summed E-state index contributed by atoms with van der Waals surface area (Å²) < 4.78 is 21.1. The normalized spacial score (nSPS) is 10.6. The van der Waals surface area contributed by atoms with Gasteiger partial charge in [0.05, 0.1) is 25.4 Å².